The first-order valence-electron chi connectivity index (χ1n) is 7.64. The Labute approximate surface area is 140 Å². The fourth-order valence-corrected chi connectivity index (χ4v) is 4.89. The van der Waals surface area contributed by atoms with E-state index in [-0.39, 0.29) is 11.3 Å². The molecule has 0 aromatic heterocycles. The van der Waals surface area contributed by atoms with Crippen LogP contribution in [0.5, 0.6) is 0 Å². The Balaban J connectivity index is 2.12. The molecule has 0 fully saturated rings. The van der Waals surface area contributed by atoms with Crippen LogP contribution >= 0.6 is 0 Å². The van der Waals surface area contributed by atoms with E-state index in [1.807, 2.05) is 19.1 Å². The standard InChI is InChI=1S/C17H18N2O4S/c1-2-12-7-9-13(10-8-12)19-15(11-17(20)18-21)14-5-3-4-6-16(14)24(19,22)23/h3-10,15,21H,2,11H2,1H3,(H,18,20). The molecule has 0 bridgehead atoms. The number of nitrogens with one attached hydrogen (secondary N) is 1. The van der Waals surface area contributed by atoms with E-state index < -0.39 is 22.0 Å². The molecular weight excluding hydrogens is 328 g/mol. The second kappa shape index (κ2) is 6.26. The zero-order chi connectivity index (χ0) is 17.3. The number of carbonyl (C=O) groups is 1. The van der Waals surface area contributed by atoms with Crippen LogP contribution in [0.2, 0.25) is 0 Å². The highest BCUT2D eigenvalue weighted by Gasteiger charge is 2.43. The van der Waals surface area contributed by atoms with E-state index in [9.17, 15) is 13.2 Å². The quantitative estimate of drug-likeness (QED) is 0.657. The van der Waals surface area contributed by atoms with Gasteiger partial charge in [0, 0.05) is 0 Å². The number of benzene rings is 2. The van der Waals surface area contributed by atoms with E-state index in [2.05, 4.69) is 0 Å². The predicted molar refractivity (Wildman–Crippen MR) is 89.2 cm³/mol. The molecule has 7 heteroatoms. The van der Waals surface area contributed by atoms with Gasteiger partial charge in [0.1, 0.15) is 0 Å². The number of nitrogens with zero attached hydrogens (tertiary/aromatic N) is 1. The van der Waals surface area contributed by atoms with Crippen LogP contribution in [-0.4, -0.2) is 19.5 Å². The van der Waals surface area contributed by atoms with Crippen molar-refractivity contribution in [2.24, 2.45) is 0 Å². The van der Waals surface area contributed by atoms with Gasteiger partial charge in [-0.05, 0) is 35.7 Å². The number of sulfonamides is 1. The molecule has 2 aromatic carbocycles. The predicted octanol–water partition coefficient (Wildman–Crippen LogP) is 2.39. The molecule has 1 aliphatic heterocycles. The average molecular weight is 346 g/mol. The number of hydrogen-bond acceptors (Lipinski definition) is 4. The van der Waals surface area contributed by atoms with E-state index in [1.165, 1.54) is 10.4 Å². The van der Waals surface area contributed by atoms with Crippen molar-refractivity contribution in [3.63, 3.8) is 0 Å². The van der Waals surface area contributed by atoms with Crippen molar-refractivity contribution in [3.8, 4) is 0 Å². The monoisotopic (exact) mass is 346 g/mol. The second-order valence-corrected chi connectivity index (χ2v) is 7.40. The Morgan fingerprint density at radius 1 is 1.17 bits per heavy atom. The van der Waals surface area contributed by atoms with E-state index in [4.69, 9.17) is 5.21 Å². The van der Waals surface area contributed by atoms with Crippen LogP contribution in [0.1, 0.15) is 30.5 Å². The largest absolute Gasteiger partial charge is 0.289 e. The van der Waals surface area contributed by atoms with Crippen molar-refractivity contribution >= 4 is 21.6 Å². The summed E-state index contributed by atoms with van der Waals surface area (Å²) in [5, 5.41) is 8.83. The maximum Gasteiger partial charge on any atom is 0.265 e. The molecule has 1 heterocycles. The van der Waals surface area contributed by atoms with Crippen LogP contribution in [0.25, 0.3) is 0 Å². The maximum atomic E-state index is 13.0. The topological polar surface area (TPSA) is 86.7 Å². The van der Waals surface area contributed by atoms with Crippen LogP contribution in [0.3, 0.4) is 0 Å². The summed E-state index contributed by atoms with van der Waals surface area (Å²) in [5.41, 5.74) is 3.73. The van der Waals surface area contributed by atoms with Crippen molar-refractivity contribution in [2.45, 2.75) is 30.7 Å². The first-order chi connectivity index (χ1) is 11.5. The van der Waals surface area contributed by atoms with Crippen molar-refractivity contribution in [2.75, 3.05) is 4.31 Å². The lowest BCUT2D eigenvalue weighted by atomic mass is 10.0. The molecule has 0 saturated heterocycles. The minimum atomic E-state index is -3.75. The summed E-state index contributed by atoms with van der Waals surface area (Å²) < 4.78 is 27.2. The molecule has 2 N–H and O–H groups in total. The first-order valence-corrected chi connectivity index (χ1v) is 9.08. The highest BCUT2D eigenvalue weighted by Crippen LogP contribution is 2.44. The number of hydroxylamine groups is 1. The van der Waals surface area contributed by atoms with Crippen LogP contribution < -0.4 is 9.79 Å². The molecule has 1 aliphatic rings. The maximum absolute atomic E-state index is 13.0. The van der Waals surface area contributed by atoms with Crippen LogP contribution in [0.4, 0.5) is 5.69 Å². The third-order valence-electron chi connectivity index (χ3n) is 4.20. The van der Waals surface area contributed by atoms with Crippen molar-refractivity contribution < 1.29 is 18.4 Å². The van der Waals surface area contributed by atoms with Crippen molar-refractivity contribution in [1.29, 1.82) is 0 Å². The SMILES string of the molecule is CCc1ccc(N2C(CC(=O)NO)c3ccccc3S2(=O)=O)cc1. The fraction of sp³-hybridized carbons (Fsp3) is 0.235. The van der Waals surface area contributed by atoms with Crippen molar-refractivity contribution in [3.05, 3.63) is 59.7 Å². The molecular formula is C17H18N2O4S. The summed E-state index contributed by atoms with van der Waals surface area (Å²) in [4.78, 5) is 11.9. The zero-order valence-corrected chi connectivity index (χ0v) is 14.0. The summed E-state index contributed by atoms with van der Waals surface area (Å²) in [6.45, 7) is 2.02. The van der Waals surface area contributed by atoms with Crippen LogP contribution in [-0.2, 0) is 21.2 Å². The Hall–Kier alpha value is -2.38. The highest BCUT2D eigenvalue weighted by atomic mass is 32.2. The van der Waals surface area contributed by atoms with Gasteiger partial charge in [-0.25, -0.2) is 13.9 Å². The Morgan fingerprint density at radius 3 is 2.46 bits per heavy atom. The Bertz CT molecular complexity index is 862. The molecule has 6 nitrogen and oxygen atoms in total. The normalized spacial score (nSPS) is 18.2. The molecule has 1 unspecified atom stereocenters. The molecule has 1 atom stereocenters. The number of rotatable bonds is 4. The summed E-state index contributed by atoms with van der Waals surface area (Å²) in [5.74, 6) is -0.637. The Kier molecular flexibility index (Phi) is 4.29. The molecule has 0 aliphatic carbocycles. The molecule has 3 rings (SSSR count). The van der Waals surface area contributed by atoms with Gasteiger partial charge in [0.2, 0.25) is 5.91 Å². The van der Waals surface area contributed by atoms with Crippen LogP contribution in [0.15, 0.2) is 53.4 Å². The zero-order valence-electron chi connectivity index (χ0n) is 13.1. The van der Waals surface area contributed by atoms with Gasteiger partial charge in [0.05, 0.1) is 23.0 Å². The van der Waals surface area contributed by atoms with E-state index in [0.29, 0.717) is 11.3 Å². The lowest BCUT2D eigenvalue weighted by Gasteiger charge is -2.25. The fourth-order valence-electron chi connectivity index (χ4n) is 3.00. The number of fused-ring (bicyclic) bond motifs is 1. The van der Waals surface area contributed by atoms with Gasteiger partial charge in [-0.15, -0.1) is 0 Å². The molecule has 126 valence electrons. The number of carbonyl (C=O) groups excluding carboxylic acids is 1. The first kappa shape index (κ1) is 16.5. The molecule has 1 amide bonds. The molecule has 0 spiro atoms. The summed E-state index contributed by atoms with van der Waals surface area (Å²) >= 11 is 0. The highest BCUT2D eigenvalue weighted by molar-refractivity contribution is 7.93. The minimum absolute atomic E-state index is 0.164. The molecule has 0 radical (unpaired) electrons. The van der Waals surface area contributed by atoms with Gasteiger partial charge >= 0.3 is 0 Å². The van der Waals surface area contributed by atoms with E-state index >= 15 is 0 Å². The number of anilines is 1. The lowest BCUT2D eigenvalue weighted by Crippen LogP contribution is -2.32. The van der Waals surface area contributed by atoms with Gasteiger partial charge in [0.25, 0.3) is 10.0 Å². The van der Waals surface area contributed by atoms with E-state index in [1.54, 1.807) is 35.8 Å². The summed E-state index contributed by atoms with van der Waals surface area (Å²) in [6.07, 6.45) is 0.686. The minimum Gasteiger partial charge on any atom is -0.289 e. The number of amides is 1. The van der Waals surface area contributed by atoms with Gasteiger partial charge in [0.15, 0.2) is 0 Å². The third-order valence-corrected chi connectivity index (χ3v) is 6.11. The summed E-state index contributed by atoms with van der Waals surface area (Å²) in [6, 6.07) is 13.2. The number of aryl methyl sites for hydroxylation is 1. The van der Waals surface area contributed by atoms with Gasteiger partial charge < -0.3 is 0 Å². The molecule has 0 saturated carbocycles. The Morgan fingerprint density at radius 2 is 1.83 bits per heavy atom. The smallest absolute Gasteiger partial charge is 0.265 e. The van der Waals surface area contributed by atoms with Gasteiger partial charge in [-0.1, -0.05) is 37.3 Å². The van der Waals surface area contributed by atoms with Gasteiger partial charge in [-0.2, -0.15) is 0 Å². The number of hydrogen-bond donors (Lipinski definition) is 2. The lowest BCUT2D eigenvalue weighted by molar-refractivity contribution is -0.129. The van der Waals surface area contributed by atoms with Crippen molar-refractivity contribution in [1.82, 2.24) is 5.48 Å². The summed E-state index contributed by atoms with van der Waals surface area (Å²) in [7, 11) is -3.75. The van der Waals surface area contributed by atoms with Gasteiger partial charge in [-0.3, -0.25) is 14.3 Å². The molecule has 24 heavy (non-hydrogen) atoms. The third kappa shape index (κ3) is 2.65. The molecule has 2 aromatic rings. The van der Waals surface area contributed by atoms with Crippen LogP contribution in [0, 0.1) is 0 Å². The average Bonchev–Trinajstić information content (AvgIpc) is 2.82. The van der Waals surface area contributed by atoms with E-state index in [0.717, 1.165) is 12.0 Å². The second-order valence-electron chi connectivity index (χ2n) is 5.61.